The molecule has 0 bridgehead atoms. The molecule has 0 unspecified atom stereocenters. The Labute approximate surface area is 311 Å². The van der Waals surface area contributed by atoms with Crippen LogP contribution in [0.5, 0.6) is 0 Å². The molecule has 0 atom stereocenters. The third kappa shape index (κ3) is 4.78. The molecule has 4 heteroatoms. The molecule has 4 nitrogen and oxygen atoms in total. The van der Waals surface area contributed by atoms with Crippen molar-refractivity contribution in [3.8, 4) is 45.1 Å². The van der Waals surface area contributed by atoms with E-state index in [1.54, 1.807) is 0 Å². The van der Waals surface area contributed by atoms with Crippen molar-refractivity contribution in [2.45, 2.75) is 0 Å². The maximum atomic E-state index is 5.28. The topological polar surface area (TPSA) is 35.6 Å². The third-order valence-corrected chi connectivity index (χ3v) is 10.7. The molecule has 3 heterocycles. The standard InChI is InChI=1S/C50H32N4/c1-3-13-37(14-4-1)53-45-21-11-8-17-39(45)42-31-35(27-29-47(42)53)33-23-25-34(26-24-33)50-51-44-20-10-7-19-41(44)49(52-50)36-28-30-48-43(32-36)40-18-9-12-22-46(40)54(48)38-15-5-2-6-16-38/h1-32H. The minimum atomic E-state index is 0.712. The molecule has 0 amide bonds. The van der Waals surface area contributed by atoms with Gasteiger partial charge in [-0.25, -0.2) is 9.97 Å². The Hall–Kier alpha value is -7.30. The Balaban J connectivity index is 1.01. The number of benzene rings is 8. The Morgan fingerprint density at radius 2 is 0.741 bits per heavy atom. The smallest absolute Gasteiger partial charge is 0.160 e. The molecule has 252 valence electrons. The summed E-state index contributed by atoms with van der Waals surface area (Å²) < 4.78 is 4.70. The van der Waals surface area contributed by atoms with Crippen LogP contribution in [0.2, 0.25) is 0 Å². The normalized spacial score (nSPS) is 11.7. The Morgan fingerprint density at radius 1 is 0.296 bits per heavy atom. The van der Waals surface area contributed by atoms with Crippen molar-refractivity contribution in [2.75, 3.05) is 0 Å². The van der Waals surface area contributed by atoms with Crippen LogP contribution in [0.3, 0.4) is 0 Å². The van der Waals surface area contributed by atoms with E-state index in [9.17, 15) is 0 Å². The SMILES string of the molecule is c1ccc(-n2c3ccccc3c3cc(-c4ccc(-c5nc(-c6ccc7c(c6)c6ccccc6n7-c6ccccc6)c6ccccc6n5)cc4)ccc32)cc1. The maximum absolute atomic E-state index is 5.28. The fraction of sp³-hybridized carbons (Fsp3) is 0. The minimum absolute atomic E-state index is 0.712. The average molecular weight is 689 g/mol. The second-order valence-electron chi connectivity index (χ2n) is 13.8. The zero-order chi connectivity index (χ0) is 35.6. The number of nitrogens with zero attached hydrogens (tertiary/aromatic N) is 4. The second-order valence-corrected chi connectivity index (χ2v) is 13.8. The second kappa shape index (κ2) is 12.1. The first-order chi connectivity index (χ1) is 26.8. The molecule has 0 fully saturated rings. The van der Waals surface area contributed by atoms with Crippen LogP contribution in [0.25, 0.3) is 99.7 Å². The van der Waals surface area contributed by atoms with Crippen molar-refractivity contribution in [3.63, 3.8) is 0 Å². The molecule has 11 aromatic rings. The molecule has 0 saturated carbocycles. The molecule has 8 aromatic carbocycles. The van der Waals surface area contributed by atoms with Crippen molar-refractivity contribution in [1.29, 1.82) is 0 Å². The predicted octanol–water partition coefficient (Wildman–Crippen LogP) is 12.8. The summed E-state index contributed by atoms with van der Waals surface area (Å²) in [7, 11) is 0. The molecule has 54 heavy (non-hydrogen) atoms. The van der Waals surface area contributed by atoms with Gasteiger partial charge in [0.05, 0.1) is 33.3 Å². The van der Waals surface area contributed by atoms with Crippen molar-refractivity contribution in [2.24, 2.45) is 0 Å². The number of hydrogen-bond acceptors (Lipinski definition) is 2. The van der Waals surface area contributed by atoms with E-state index in [1.807, 2.05) is 6.07 Å². The highest BCUT2D eigenvalue weighted by molar-refractivity contribution is 6.12. The highest BCUT2D eigenvalue weighted by atomic mass is 15.0. The summed E-state index contributed by atoms with van der Waals surface area (Å²) in [6.45, 7) is 0. The summed E-state index contributed by atoms with van der Waals surface area (Å²) in [5.41, 5.74) is 13.3. The van der Waals surface area contributed by atoms with Gasteiger partial charge in [-0.1, -0.05) is 127 Å². The first-order valence-electron chi connectivity index (χ1n) is 18.3. The van der Waals surface area contributed by atoms with Crippen LogP contribution in [-0.4, -0.2) is 19.1 Å². The summed E-state index contributed by atoms with van der Waals surface area (Å²) in [6.07, 6.45) is 0. The molecular formula is C50H32N4. The van der Waals surface area contributed by atoms with Gasteiger partial charge in [-0.3, -0.25) is 0 Å². The van der Waals surface area contributed by atoms with Gasteiger partial charge in [0.15, 0.2) is 5.82 Å². The van der Waals surface area contributed by atoms with E-state index in [2.05, 4.69) is 197 Å². The summed E-state index contributed by atoms with van der Waals surface area (Å²) >= 11 is 0. The predicted molar refractivity (Wildman–Crippen MR) is 225 cm³/mol. The van der Waals surface area contributed by atoms with Gasteiger partial charge in [0, 0.05) is 49.4 Å². The van der Waals surface area contributed by atoms with Gasteiger partial charge in [0.1, 0.15) is 0 Å². The third-order valence-electron chi connectivity index (χ3n) is 10.7. The lowest BCUT2D eigenvalue weighted by molar-refractivity contribution is 1.18. The lowest BCUT2D eigenvalue weighted by Crippen LogP contribution is -1.96. The van der Waals surface area contributed by atoms with E-state index < -0.39 is 0 Å². The molecule has 0 aliphatic carbocycles. The Kier molecular flexibility index (Phi) is 6.82. The molecule has 0 aliphatic heterocycles. The van der Waals surface area contributed by atoms with Crippen LogP contribution in [0.4, 0.5) is 0 Å². The lowest BCUT2D eigenvalue weighted by atomic mass is 10.0. The van der Waals surface area contributed by atoms with Gasteiger partial charge in [0.2, 0.25) is 0 Å². The molecule has 0 spiro atoms. The van der Waals surface area contributed by atoms with Crippen molar-refractivity contribution in [1.82, 2.24) is 19.1 Å². The van der Waals surface area contributed by atoms with Crippen LogP contribution in [0.1, 0.15) is 0 Å². The maximum Gasteiger partial charge on any atom is 0.160 e. The van der Waals surface area contributed by atoms with Gasteiger partial charge in [-0.15, -0.1) is 0 Å². The number of aromatic nitrogens is 4. The molecule has 0 radical (unpaired) electrons. The van der Waals surface area contributed by atoms with E-state index in [4.69, 9.17) is 9.97 Å². The van der Waals surface area contributed by atoms with E-state index in [1.165, 1.54) is 49.2 Å². The molecule has 3 aromatic heterocycles. The average Bonchev–Trinajstić information content (AvgIpc) is 3.76. The quantitative estimate of drug-likeness (QED) is 0.180. The monoisotopic (exact) mass is 688 g/mol. The fourth-order valence-corrected chi connectivity index (χ4v) is 8.22. The molecular weight excluding hydrogens is 657 g/mol. The van der Waals surface area contributed by atoms with Gasteiger partial charge < -0.3 is 9.13 Å². The number of hydrogen-bond donors (Lipinski definition) is 0. The largest absolute Gasteiger partial charge is 0.309 e. The first-order valence-corrected chi connectivity index (χ1v) is 18.3. The van der Waals surface area contributed by atoms with E-state index >= 15 is 0 Å². The number of para-hydroxylation sites is 5. The number of rotatable bonds is 5. The zero-order valence-corrected chi connectivity index (χ0v) is 29.3. The Morgan fingerprint density at radius 3 is 1.35 bits per heavy atom. The molecule has 11 rings (SSSR count). The summed E-state index contributed by atoms with van der Waals surface area (Å²) in [4.78, 5) is 10.4. The molecule has 0 aliphatic rings. The van der Waals surface area contributed by atoms with Crippen LogP contribution in [0.15, 0.2) is 194 Å². The van der Waals surface area contributed by atoms with Gasteiger partial charge in [-0.05, 0) is 77.9 Å². The van der Waals surface area contributed by atoms with Crippen LogP contribution in [0, 0.1) is 0 Å². The number of fused-ring (bicyclic) bond motifs is 7. The fourth-order valence-electron chi connectivity index (χ4n) is 8.22. The summed E-state index contributed by atoms with van der Waals surface area (Å²) in [5, 5.41) is 5.93. The highest BCUT2D eigenvalue weighted by Crippen LogP contribution is 2.38. The van der Waals surface area contributed by atoms with Crippen LogP contribution >= 0.6 is 0 Å². The Bertz CT molecular complexity index is 3190. The highest BCUT2D eigenvalue weighted by Gasteiger charge is 2.17. The van der Waals surface area contributed by atoms with Crippen LogP contribution < -0.4 is 0 Å². The first kappa shape index (κ1) is 30.3. The van der Waals surface area contributed by atoms with E-state index in [-0.39, 0.29) is 0 Å². The lowest BCUT2D eigenvalue weighted by Gasteiger charge is -2.11. The van der Waals surface area contributed by atoms with Gasteiger partial charge >= 0.3 is 0 Å². The molecule has 0 saturated heterocycles. The molecule has 0 N–H and O–H groups in total. The van der Waals surface area contributed by atoms with Crippen molar-refractivity contribution in [3.05, 3.63) is 194 Å². The summed E-state index contributed by atoms with van der Waals surface area (Å²) in [6, 6.07) is 69.0. The van der Waals surface area contributed by atoms with Gasteiger partial charge in [0.25, 0.3) is 0 Å². The minimum Gasteiger partial charge on any atom is -0.309 e. The van der Waals surface area contributed by atoms with E-state index in [0.29, 0.717) is 5.82 Å². The van der Waals surface area contributed by atoms with Gasteiger partial charge in [-0.2, -0.15) is 0 Å². The summed E-state index contributed by atoms with van der Waals surface area (Å²) in [5.74, 6) is 0.712. The zero-order valence-electron chi connectivity index (χ0n) is 29.3. The van der Waals surface area contributed by atoms with E-state index in [0.717, 1.165) is 44.7 Å². The van der Waals surface area contributed by atoms with Crippen molar-refractivity contribution < 1.29 is 0 Å². The van der Waals surface area contributed by atoms with Crippen LogP contribution in [-0.2, 0) is 0 Å². The van der Waals surface area contributed by atoms with Crippen molar-refractivity contribution >= 4 is 54.5 Å².